The number of rotatable bonds is 4. The fraction of sp³-hybridized carbons (Fsp3) is 0.545. The van der Waals surface area contributed by atoms with Crippen LogP contribution >= 0.6 is 11.3 Å². The summed E-state index contributed by atoms with van der Waals surface area (Å²) in [6, 6.07) is -0.228. The average Bonchev–Trinajstić information content (AvgIpc) is 2.71. The maximum absolute atomic E-state index is 11.9. The summed E-state index contributed by atoms with van der Waals surface area (Å²) in [6.45, 7) is 1.78. The summed E-state index contributed by atoms with van der Waals surface area (Å²) < 4.78 is 0. The van der Waals surface area contributed by atoms with Gasteiger partial charge in [0, 0.05) is 5.38 Å². The Morgan fingerprint density at radius 2 is 2.28 bits per heavy atom. The van der Waals surface area contributed by atoms with Crippen LogP contribution in [-0.4, -0.2) is 27.5 Å². The molecule has 2 rings (SSSR count). The molecule has 1 aromatic rings. The van der Waals surface area contributed by atoms with Gasteiger partial charge in [0.1, 0.15) is 16.2 Å². The second-order valence-corrected chi connectivity index (χ2v) is 5.44. The highest BCUT2D eigenvalue weighted by molar-refractivity contribution is 7.09. The second kappa shape index (κ2) is 4.66. The lowest BCUT2D eigenvalue weighted by Crippen LogP contribution is -2.59. The number of thiazole rings is 1. The number of aliphatic carboxylic acids is 1. The minimum Gasteiger partial charge on any atom is -0.480 e. The first-order valence-corrected chi connectivity index (χ1v) is 6.59. The third-order valence-corrected chi connectivity index (χ3v) is 4.16. The molecule has 1 heterocycles. The SMILES string of the molecule is CC(N)c1nc(C(=O)NC2(C(=O)O)CCC2)cs1. The lowest BCUT2D eigenvalue weighted by Gasteiger charge is -2.37. The first-order valence-electron chi connectivity index (χ1n) is 5.71. The van der Waals surface area contributed by atoms with Crippen molar-refractivity contribution in [3.05, 3.63) is 16.1 Å². The first-order chi connectivity index (χ1) is 8.44. The Labute approximate surface area is 108 Å². The number of carbonyl (C=O) groups excluding carboxylic acids is 1. The second-order valence-electron chi connectivity index (χ2n) is 4.55. The molecule has 0 aromatic carbocycles. The number of carboxylic acid groups (broad SMARTS) is 1. The van der Waals surface area contributed by atoms with E-state index in [1.165, 1.54) is 11.3 Å². The number of aromatic nitrogens is 1. The minimum atomic E-state index is -1.10. The van der Waals surface area contributed by atoms with Gasteiger partial charge in [-0.3, -0.25) is 4.79 Å². The van der Waals surface area contributed by atoms with E-state index in [0.717, 1.165) is 6.42 Å². The van der Waals surface area contributed by atoms with Crippen LogP contribution in [0.5, 0.6) is 0 Å². The zero-order valence-electron chi connectivity index (χ0n) is 9.97. The molecule has 0 spiro atoms. The number of carboxylic acids is 1. The first kappa shape index (κ1) is 13.0. The Balaban J connectivity index is 2.09. The van der Waals surface area contributed by atoms with E-state index in [1.54, 1.807) is 12.3 Å². The van der Waals surface area contributed by atoms with E-state index >= 15 is 0 Å². The molecule has 6 nitrogen and oxygen atoms in total. The van der Waals surface area contributed by atoms with Gasteiger partial charge in [-0.1, -0.05) is 0 Å². The largest absolute Gasteiger partial charge is 0.480 e. The van der Waals surface area contributed by atoms with Crippen LogP contribution in [0.3, 0.4) is 0 Å². The van der Waals surface area contributed by atoms with Crippen molar-refractivity contribution in [2.24, 2.45) is 5.73 Å². The van der Waals surface area contributed by atoms with E-state index in [0.29, 0.717) is 17.8 Å². The van der Waals surface area contributed by atoms with Gasteiger partial charge in [-0.2, -0.15) is 0 Å². The van der Waals surface area contributed by atoms with Crippen LogP contribution < -0.4 is 11.1 Å². The molecule has 0 saturated heterocycles. The predicted molar refractivity (Wildman–Crippen MR) is 66.4 cm³/mol. The van der Waals surface area contributed by atoms with E-state index in [4.69, 9.17) is 10.8 Å². The zero-order chi connectivity index (χ0) is 13.3. The fourth-order valence-electron chi connectivity index (χ4n) is 1.81. The molecular weight excluding hydrogens is 254 g/mol. The highest BCUT2D eigenvalue weighted by Crippen LogP contribution is 2.32. The molecule has 1 atom stereocenters. The maximum Gasteiger partial charge on any atom is 0.329 e. The lowest BCUT2D eigenvalue weighted by molar-refractivity contribution is -0.148. The summed E-state index contributed by atoms with van der Waals surface area (Å²) in [5.41, 5.74) is 4.80. The van der Waals surface area contributed by atoms with Gasteiger partial charge in [-0.15, -0.1) is 11.3 Å². The molecule has 0 aliphatic heterocycles. The summed E-state index contributed by atoms with van der Waals surface area (Å²) >= 11 is 1.30. The van der Waals surface area contributed by atoms with Gasteiger partial charge in [0.2, 0.25) is 0 Å². The van der Waals surface area contributed by atoms with Gasteiger partial charge in [-0.05, 0) is 26.2 Å². The highest BCUT2D eigenvalue weighted by Gasteiger charge is 2.46. The molecule has 0 bridgehead atoms. The molecule has 1 unspecified atom stereocenters. The van der Waals surface area contributed by atoms with E-state index in [1.807, 2.05) is 0 Å². The van der Waals surface area contributed by atoms with Gasteiger partial charge in [0.05, 0.1) is 6.04 Å². The molecule has 7 heteroatoms. The number of hydrogen-bond donors (Lipinski definition) is 3. The van der Waals surface area contributed by atoms with Crippen LogP contribution in [0.15, 0.2) is 5.38 Å². The number of carbonyl (C=O) groups is 2. The Morgan fingerprint density at radius 3 is 2.67 bits per heavy atom. The van der Waals surface area contributed by atoms with Crippen molar-refractivity contribution >= 4 is 23.2 Å². The third-order valence-electron chi connectivity index (χ3n) is 3.11. The van der Waals surface area contributed by atoms with E-state index in [9.17, 15) is 9.59 Å². The summed E-state index contributed by atoms with van der Waals surface area (Å²) in [4.78, 5) is 27.2. The number of nitrogens with one attached hydrogen (secondary N) is 1. The van der Waals surface area contributed by atoms with Crippen molar-refractivity contribution in [3.8, 4) is 0 Å². The van der Waals surface area contributed by atoms with Crippen LogP contribution in [0.2, 0.25) is 0 Å². The third kappa shape index (κ3) is 2.23. The predicted octanol–water partition coefficient (Wildman–Crippen LogP) is 0.900. The van der Waals surface area contributed by atoms with Gasteiger partial charge in [0.25, 0.3) is 5.91 Å². The smallest absolute Gasteiger partial charge is 0.329 e. The Morgan fingerprint density at radius 1 is 1.61 bits per heavy atom. The molecule has 0 radical (unpaired) electrons. The quantitative estimate of drug-likeness (QED) is 0.753. The topological polar surface area (TPSA) is 105 Å². The molecular formula is C11H15N3O3S. The summed E-state index contributed by atoms with van der Waals surface area (Å²) in [7, 11) is 0. The summed E-state index contributed by atoms with van der Waals surface area (Å²) in [5, 5.41) is 13.9. The van der Waals surface area contributed by atoms with E-state index in [2.05, 4.69) is 10.3 Å². The average molecular weight is 269 g/mol. The van der Waals surface area contributed by atoms with Crippen molar-refractivity contribution < 1.29 is 14.7 Å². The van der Waals surface area contributed by atoms with Crippen molar-refractivity contribution in [3.63, 3.8) is 0 Å². The van der Waals surface area contributed by atoms with Crippen LogP contribution in [0, 0.1) is 0 Å². The standard InChI is InChI=1S/C11H15N3O3S/c1-6(12)9-13-7(5-18-9)8(15)14-11(10(16)17)3-2-4-11/h5-6H,2-4,12H2,1H3,(H,14,15)(H,16,17). The molecule has 1 fully saturated rings. The number of nitrogens with zero attached hydrogens (tertiary/aromatic N) is 1. The van der Waals surface area contributed by atoms with Gasteiger partial charge >= 0.3 is 5.97 Å². The van der Waals surface area contributed by atoms with Crippen molar-refractivity contribution in [1.82, 2.24) is 10.3 Å². The fourth-order valence-corrected chi connectivity index (χ4v) is 2.56. The molecule has 1 amide bonds. The Hall–Kier alpha value is -1.47. The number of nitrogens with two attached hydrogens (primary N) is 1. The van der Waals surface area contributed by atoms with Gasteiger partial charge in [-0.25, -0.2) is 9.78 Å². The van der Waals surface area contributed by atoms with Crippen LogP contribution in [-0.2, 0) is 4.79 Å². The Bertz CT molecular complexity index is 480. The molecule has 1 aliphatic rings. The minimum absolute atomic E-state index is 0.228. The lowest BCUT2D eigenvalue weighted by atomic mass is 9.76. The van der Waals surface area contributed by atoms with Crippen LogP contribution in [0.4, 0.5) is 0 Å². The van der Waals surface area contributed by atoms with Crippen molar-refractivity contribution in [2.75, 3.05) is 0 Å². The van der Waals surface area contributed by atoms with Crippen molar-refractivity contribution in [2.45, 2.75) is 37.8 Å². The summed E-state index contributed by atoms with van der Waals surface area (Å²) in [6.07, 6.45) is 1.76. The molecule has 98 valence electrons. The van der Waals surface area contributed by atoms with E-state index in [-0.39, 0.29) is 11.7 Å². The van der Waals surface area contributed by atoms with Gasteiger partial charge < -0.3 is 16.2 Å². The zero-order valence-corrected chi connectivity index (χ0v) is 10.8. The number of amides is 1. The highest BCUT2D eigenvalue weighted by atomic mass is 32.1. The molecule has 1 saturated carbocycles. The normalized spacial score (nSPS) is 18.8. The Kier molecular flexibility index (Phi) is 3.36. The van der Waals surface area contributed by atoms with Crippen molar-refractivity contribution in [1.29, 1.82) is 0 Å². The molecule has 1 aromatic heterocycles. The molecule has 1 aliphatic carbocycles. The summed E-state index contributed by atoms with van der Waals surface area (Å²) in [5.74, 6) is -1.43. The molecule has 4 N–H and O–H groups in total. The van der Waals surface area contributed by atoms with Gasteiger partial charge in [0.15, 0.2) is 0 Å². The maximum atomic E-state index is 11.9. The monoisotopic (exact) mass is 269 g/mol. The van der Waals surface area contributed by atoms with Crippen LogP contribution in [0.1, 0.15) is 47.7 Å². The van der Waals surface area contributed by atoms with E-state index < -0.39 is 17.4 Å². The molecule has 18 heavy (non-hydrogen) atoms. The number of hydrogen-bond acceptors (Lipinski definition) is 5. The van der Waals surface area contributed by atoms with Crippen LogP contribution in [0.25, 0.3) is 0 Å².